The van der Waals surface area contributed by atoms with Gasteiger partial charge in [-0.3, -0.25) is 0 Å². The number of para-hydroxylation sites is 3. The molecule has 0 bridgehead atoms. The van der Waals surface area contributed by atoms with Crippen molar-refractivity contribution in [2.75, 3.05) is 4.90 Å². The van der Waals surface area contributed by atoms with Crippen LogP contribution in [0.15, 0.2) is 127 Å². The zero-order chi connectivity index (χ0) is 22.7. The molecular weight excluding hydrogens is 398 g/mol. The summed E-state index contributed by atoms with van der Waals surface area (Å²) in [6.45, 7) is 0. The molecule has 5 aromatic rings. The Bertz CT molecular complexity index is 1440. The highest BCUT2D eigenvalue weighted by Crippen LogP contribution is 2.59. The van der Waals surface area contributed by atoms with E-state index in [0.717, 1.165) is 16.8 Å². The van der Waals surface area contributed by atoms with Gasteiger partial charge in [-0.15, -0.1) is 0 Å². The maximum Gasteiger partial charge on any atom is 0.0747 e. The van der Waals surface area contributed by atoms with Gasteiger partial charge in [0.1, 0.15) is 0 Å². The maximum absolute atomic E-state index is 9.17. The highest BCUT2D eigenvalue weighted by atomic mass is 15.2. The number of benzene rings is 5. The monoisotopic (exact) mass is 422 g/mol. The molecule has 156 valence electrons. The van der Waals surface area contributed by atoms with E-state index >= 15 is 0 Å². The Morgan fingerprint density at radius 3 is 1.45 bits per heavy atom. The van der Waals surface area contributed by atoms with Crippen molar-refractivity contribution >= 4 is 17.1 Å². The molecule has 0 radical (unpaired) electrons. The summed E-state index contributed by atoms with van der Waals surface area (Å²) in [7, 11) is 0. The van der Waals surface area contributed by atoms with E-state index in [1.165, 1.54) is 33.6 Å². The lowest BCUT2D eigenvalue weighted by molar-refractivity contribution is 0.693. The van der Waals surface area contributed by atoms with Crippen molar-refractivity contribution in [3.8, 4) is 0 Å². The van der Waals surface area contributed by atoms with Gasteiger partial charge in [0.25, 0.3) is 0 Å². The smallest absolute Gasteiger partial charge is 0.0747 e. The predicted molar refractivity (Wildman–Crippen MR) is 136 cm³/mol. The van der Waals surface area contributed by atoms with Gasteiger partial charge in [0.05, 0.1) is 16.8 Å². The van der Waals surface area contributed by atoms with Crippen LogP contribution < -0.4 is 4.90 Å². The van der Waals surface area contributed by atoms with Crippen molar-refractivity contribution in [3.05, 3.63) is 161 Å². The van der Waals surface area contributed by atoms with E-state index in [-0.39, 0.29) is 0 Å². The molecule has 1 heterocycles. The molecule has 0 saturated heterocycles. The molecule has 0 fully saturated rings. The van der Waals surface area contributed by atoms with Gasteiger partial charge in [-0.25, -0.2) is 0 Å². The van der Waals surface area contributed by atoms with E-state index in [2.05, 4.69) is 132 Å². The van der Waals surface area contributed by atoms with Crippen molar-refractivity contribution in [1.29, 1.82) is 0 Å². The standard InChI is InChI=1S/C32H23N/c1-2-14-25(15-3-1)33-30-20-10-8-18-28(30)32(29-19-9-11-21-31(29)33)26-16-6-4-12-23(26)22-24-13-5-7-17-27(24)32/h1-21H,22H2/i22D. The summed E-state index contributed by atoms with van der Waals surface area (Å²) in [5, 5.41) is 0. The Morgan fingerprint density at radius 1 is 0.485 bits per heavy atom. The SMILES string of the molecule is [2H]C1c2ccccc2C2(c3ccccc31)c1ccccc1N(c1ccccc1)c1ccccc12. The molecule has 0 atom stereocenters. The fourth-order valence-electron chi connectivity index (χ4n) is 5.92. The summed E-state index contributed by atoms with van der Waals surface area (Å²) in [4.78, 5) is 2.38. The Morgan fingerprint density at radius 2 is 0.909 bits per heavy atom. The Kier molecular flexibility index (Phi) is 3.68. The van der Waals surface area contributed by atoms with Gasteiger partial charge in [0, 0.05) is 7.06 Å². The molecule has 1 aliphatic heterocycles. The highest BCUT2D eigenvalue weighted by molar-refractivity contribution is 5.90. The van der Waals surface area contributed by atoms with Gasteiger partial charge in [-0.05, 0) is 64.0 Å². The van der Waals surface area contributed by atoms with Crippen molar-refractivity contribution < 1.29 is 1.37 Å². The van der Waals surface area contributed by atoms with Crippen LogP contribution in [0.2, 0.25) is 0 Å². The lowest BCUT2D eigenvalue weighted by atomic mass is 9.58. The van der Waals surface area contributed by atoms with E-state index in [4.69, 9.17) is 1.37 Å². The van der Waals surface area contributed by atoms with Crippen LogP contribution in [-0.4, -0.2) is 0 Å². The van der Waals surface area contributed by atoms with E-state index in [9.17, 15) is 0 Å². The average molecular weight is 423 g/mol. The van der Waals surface area contributed by atoms with Crippen LogP contribution in [0.3, 0.4) is 0 Å². The fourth-order valence-corrected chi connectivity index (χ4v) is 5.92. The first-order valence-electron chi connectivity index (χ1n) is 12.0. The minimum Gasteiger partial charge on any atom is -0.310 e. The molecule has 1 nitrogen and oxygen atoms in total. The Hall–Kier alpha value is -4.10. The number of hydrogen-bond acceptors (Lipinski definition) is 1. The molecule has 2 aliphatic rings. The van der Waals surface area contributed by atoms with Gasteiger partial charge in [-0.1, -0.05) is 103 Å². The first kappa shape index (κ1) is 17.5. The zero-order valence-corrected chi connectivity index (χ0v) is 18.1. The minimum atomic E-state index is -0.483. The fraction of sp³-hybridized carbons (Fsp3) is 0.0625. The largest absolute Gasteiger partial charge is 0.310 e. The zero-order valence-electron chi connectivity index (χ0n) is 19.1. The summed E-state index contributed by atoms with van der Waals surface area (Å²) in [6, 6.07) is 45.3. The van der Waals surface area contributed by atoms with E-state index in [1.807, 2.05) is 0 Å². The summed E-state index contributed by atoms with van der Waals surface area (Å²) in [5.41, 5.74) is 10.1. The third-order valence-corrected chi connectivity index (χ3v) is 7.15. The van der Waals surface area contributed by atoms with Crippen LogP contribution in [-0.2, 0) is 11.8 Å². The third kappa shape index (κ3) is 2.42. The van der Waals surface area contributed by atoms with Gasteiger partial charge in [-0.2, -0.15) is 0 Å². The molecule has 0 amide bonds. The first-order chi connectivity index (χ1) is 16.8. The predicted octanol–water partition coefficient (Wildman–Crippen LogP) is 7.76. The quantitative estimate of drug-likeness (QED) is 0.262. The molecule has 5 aromatic carbocycles. The Labute approximate surface area is 196 Å². The summed E-state index contributed by atoms with van der Waals surface area (Å²) in [5.74, 6) is 0. The van der Waals surface area contributed by atoms with E-state index in [0.29, 0.717) is 0 Å². The van der Waals surface area contributed by atoms with E-state index < -0.39 is 11.8 Å². The molecule has 1 heteroatoms. The Balaban J connectivity index is 1.68. The number of anilines is 3. The molecule has 0 saturated carbocycles. The lowest BCUT2D eigenvalue weighted by Crippen LogP contribution is -2.41. The normalized spacial score (nSPS) is 15.8. The number of hydrogen-bond donors (Lipinski definition) is 0. The molecule has 1 aliphatic carbocycles. The second kappa shape index (κ2) is 6.95. The molecule has 0 aromatic heterocycles. The number of rotatable bonds is 1. The van der Waals surface area contributed by atoms with Gasteiger partial charge >= 0.3 is 0 Å². The molecule has 0 N–H and O–H groups in total. The minimum absolute atomic E-state index is 0.399. The number of nitrogens with zero attached hydrogens (tertiary/aromatic N) is 1. The van der Waals surface area contributed by atoms with Crippen molar-refractivity contribution in [2.45, 2.75) is 11.8 Å². The van der Waals surface area contributed by atoms with Crippen molar-refractivity contribution in [2.24, 2.45) is 0 Å². The van der Waals surface area contributed by atoms with Crippen LogP contribution in [0.1, 0.15) is 34.8 Å². The maximum atomic E-state index is 9.17. The van der Waals surface area contributed by atoms with Gasteiger partial charge in [0.2, 0.25) is 0 Å². The molecule has 0 unspecified atom stereocenters. The van der Waals surface area contributed by atoms with Crippen LogP contribution >= 0.6 is 0 Å². The summed E-state index contributed by atoms with van der Waals surface area (Å²) in [6.07, 6.45) is -0.399. The summed E-state index contributed by atoms with van der Waals surface area (Å²) < 4.78 is 9.17. The van der Waals surface area contributed by atoms with Crippen LogP contribution in [0.4, 0.5) is 17.1 Å². The topological polar surface area (TPSA) is 3.24 Å². The third-order valence-electron chi connectivity index (χ3n) is 7.15. The van der Waals surface area contributed by atoms with Crippen LogP contribution in [0.25, 0.3) is 0 Å². The average Bonchev–Trinajstić information content (AvgIpc) is 2.91. The molecular formula is C32H23N. The van der Waals surface area contributed by atoms with Gasteiger partial charge in [0.15, 0.2) is 0 Å². The molecule has 1 spiro atoms. The van der Waals surface area contributed by atoms with Gasteiger partial charge < -0.3 is 4.90 Å². The molecule has 33 heavy (non-hydrogen) atoms. The first-order valence-corrected chi connectivity index (χ1v) is 11.5. The molecule has 7 rings (SSSR count). The van der Waals surface area contributed by atoms with Crippen molar-refractivity contribution in [1.82, 2.24) is 0 Å². The second-order valence-electron chi connectivity index (χ2n) is 8.77. The van der Waals surface area contributed by atoms with Crippen LogP contribution in [0.5, 0.6) is 0 Å². The van der Waals surface area contributed by atoms with Crippen LogP contribution in [0, 0.1) is 0 Å². The van der Waals surface area contributed by atoms with E-state index in [1.54, 1.807) is 0 Å². The lowest BCUT2D eigenvalue weighted by Gasteiger charge is -2.49. The van der Waals surface area contributed by atoms with Crippen molar-refractivity contribution in [3.63, 3.8) is 0 Å². The highest BCUT2D eigenvalue weighted by Gasteiger charge is 2.49. The number of fused-ring (bicyclic) bond motifs is 8. The summed E-state index contributed by atoms with van der Waals surface area (Å²) >= 11 is 0. The second-order valence-corrected chi connectivity index (χ2v) is 8.77.